The van der Waals surface area contributed by atoms with Crippen molar-refractivity contribution in [3.8, 4) is 0 Å². The number of hydrogen-bond donors (Lipinski definition) is 0. The van der Waals surface area contributed by atoms with Crippen LogP contribution in [0.15, 0.2) is 132 Å². The van der Waals surface area contributed by atoms with Crippen molar-refractivity contribution in [3.05, 3.63) is 132 Å². The van der Waals surface area contributed by atoms with Gasteiger partial charge in [-0.05, 0) is 72.3 Å². The maximum atomic E-state index is 12.7. The number of esters is 4. The number of rotatable bonds is 26. The third-order valence-electron chi connectivity index (χ3n) is 11.3. The Labute approximate surface area is 674 Å². The zero-order valence-corrected chi connectivity index (χ0v) is 75.7. The minimum Gasteiger partial charge on any atom is -0.465 e. The number of hydrogen-bond acceptors (Lipinski definition) is 40. The molecule has 0 saturated carbocycles. The lowest BCUT2D eigenvalue weighted by molar-refractivity contribution is -0.138. The van der Waals surface area contributed by atoms with E-state index in [0.717, 1.165) is 50.1 Å². The average molecular weight is 1830 g/mol. The van der Waals surface area contributed by atoms with Gasteiger partial charge in [0.2, 0.25) is 0 Å². The molecule has 10 aliphatic heterocycles. The van der Waals surface area contributed by atoms with Gasteiger partial charge in [-0.25, -0.2) is 19.2 Å². The highest BCUT2D eigenvalue weighted by Gasteiger charge is 2.40. The molecule has 0 N–H and O–H groups in total. The predicted molar refractivity (Wildman–Crippen MR) is 472 cm³/mol. The molecule has 0 aliphatic carbocycles. The molecule has 40 heteroatoms. The second-order valence-corrected chi connectivity index (χ2v) is 56.2. The van der Waals surface area contributed by atoms with Crippen LogP contribution in [0.3, 0.4) is 0 Å². The Balaban J connectivity index is 0.841. The summed E-state index contributed by atoms with van der Waals surface area (Å²) in [5.41, 5.74) is 0. The molecule has 10 aliphatic rings. The third kappa shape index (κ3) is 20.5. The van der Waals surface area contributed by atoms with Crippen LogP contribution in [0.4, 0.5) is 0 Å². The van der Waals surface area contributed by atoms with Gasteiger partial charge in [-0.15, -0.1) is 141 Å². The van der Waals surface area contributed by atoms with E-state index in [1.165, 1.54) is 171 Å². The van der Waals surface area contributed by atoms with Gasteiger partial charge in [0.05, 0.1) is 122 Å². The van der Waals surface area contributed by atoms with E-state index in [4.69, 9.17) is 18.9 Å². The van der Waals surface area contributed by atoms with Gasteiger partial charge in [-0.2, -0.15) is 0 Å². The summed E-state index contributed by atoms with van der Waals surface area (Å²) in [6.45, 7) is 8.94. The van der Waals surface area contributed by atoms with Crippen LogP contribution in [0, 0.1) is 0 Å². The van der Waals surface area contributed by atoms with Gasteiger partial charge in [-0.1, -0.05) is 235 Å². The fourth-order valence-electron chi connectivity index (χ4n) is 6.88. The SMILES string of the molecule is COC(=O)C1=C(C(=O)OC)SC(=C2SC(SC)=C(SCCSC3=C(SCCSC4=C(SC)SC(=C5SC(C(=O)OC)=C(C(=O)OC)S5)S4)SC(=C4SC(SCSC5=C(SC)SC(=C6SC(C)=C(C)S6)S5)=C(SCSC5=C(SC)SC(=C6SC(C)=C(C)S6)S5)S4)S3)S2)S1. The molecule has 0 saturated heterocycles. The topological polar surface area (TPSA) is 105 Å². The first-order valence-electron chi connectivity index (χ1n) is 25.6. The van der Waals surface area contributed by atoms with Crippen LogP contribution in [-0.4, -0.2) is 111 Å². The van der Waals surface area contributed by atoms with E-state index in [1.54, 1.807) is 70.6 Å². The van der Waals surface area contributed by atoms with Crippen LogP contribution >= 0.6 is 376 Å². The molecule has 0 amide bonds. The molecule has 0 aromatic heterocycles. The first-order chi connectivity index (χ1) is 44.5. The van der Waals surface area contributed by atoms with Gasteiger partial charge in [0.25, 0.3) is 0 Å². The van der Waals surface area contributed by atoms with Crippen LogP contribution in [0.25, 0.3) is 0 Å². The van der Waals surface area contributed by atoms with Crippen molar-refractivity contribution >= 4 is 400 Å². The third-order valence-corrected chi connectivity index (χ3v) is 57.6. The molecule has 92 heavy (non-hydrogen) atoms. The van der Waals surface area contributed by atoms with Crippen molar-refractivity contribution in [2.45, 2.75) is 27.7 Å². The van der Waals surface area contributed by atoms with E-state index in [1.807, 2.05) is 259 Å². The van der Waals surface area contributed by atoms with Crippen molar-refractivity contribution in [1.29, 1.82) is 0 Å². The summed E-state index contributed by atoms with van der Waals surface area (Å²) in [5, 5.41) is 1.86. The van der Waals surface area contributed by atoms with Crippen molar-refractivity contribution in [3.63, 3.8) is 0 Å². The highest BCUT2D eigenvalue weighted by molar-refractivity contribution is 8.49. The van der Waals surface area contributed by atoms with E-state index in [9.17, 15) is 19.2 Å². The van der Waals surface area contributed by atoms with Gasteiger partial charge in [0.15, 0.2) is 0 Å². The fourth-order valence-corrected chi connectivity index (χ4v) is 53.1. The minimum atomic E-state index is -0.540. The lowest BCUT2D eigenvalue weighted by Gasteiger charge is -2.07. The second kappa shape index (κ2) is 39.2. The van der Waals surface area contributed by atoms with E-state index >= 15 is 0 Å². The number of carbonyl (C=O) groups excluding carboxylic acids is 4. The standard InChI is InChI=1S/C52H48O8S32/c1-19-20(2)74-43(73-19)47-83-33(63-11)37(87-47)69-17-71-41-42(72-18-70-38-34(64-12)84-48(88-38)44-75-21(3)22(4)76-44)92-52(91-41)51-89-39(67-15-13-65-35-31(61-9)81-49(85-35)45-77-23(27(53)57-5)24(78-45)28(54)58-6)40(90-51)68-16-14-66-36-32(62-10)82-50(86-36)46-79-25(29(55)59-7)26(80-46)30(56)60-8/h13-18H2,1-12H3. The zero-order valence-electron chi connectivity index (χ0n) is 49.6. The molecular weight excluding hydrogens is 1780 g/mol. The van der Waals surface area contributed by atoms with Crippen molar-refractivity contribution in [1.82, 2.24) is 0 Å². The Morgan fingerprint density at radius 1 is 0.250 bits per heavy atom. The molecular formula is C52H48O8S32. The monoisotopic (exact) mass is 1820 g/mol. The molecule has 10 heterocycles. The van der Waals surface area contributed by atoms with E-state index in [-0.39, 0.29) is 19.6 Å². The summed E-state index contributed by atoms with van der Waals surface area (Å²) in [6, 6.07) is 0. The molecule has 0 unspecified atom stereocenters. The quantitative estimate of drug-likeness (QED) is 0.0355. The Morgan fingerprint density at radius 2 is 0.413 bits per heavy atom. The lowest BCUT2D eigenvalue weighted by Crippen LogP contribution is -2.08. The summed E-state index contributed by atoms with van der Waals surface area (Å²) in [7, 11) is 5.31. The first-order valence-corrected chi connectivity index (χ1v) is 54.7. The fraction of sp³-hybridized carbons (Fsp3) is 0.346. The molecule has 0 fully saturated rings. The van der Waals surface area contributed by atoms with Crippen LogP contribution in [-0.2, 0) is 38.1 Å². The van der Waals surface area contributed by atoms with Gasteiger partial charge in [0, 0.05) is 33.2 Å². The Hall–Kier alpha value is 5.18. The summed E-state index contributed by atoms with van der Waals surface area (Å²) < 4.78 is 48.4. The summed E-state index contributed by atoms with van der Waals surface area (Å²) in [4.78, 5) is 57.7. The van der Waals surface area contributed by atoms with Crippen LogP contribution in [0.1, 0.15) is 27.7 Å². The Bertz CT molecular complexity index is 3290. The van der Waals surface area contributed by atoms with Crippen LogP contribution in [0.2, 0.25) is 0 Å². The number of methoxy groups -OCH3 is 4. The average Bonchev–Trinajstić information content (AvgIpc) is 1.81. The first kappa shape index (κ1) is 79.7. The van der Waals surface area contributed by atoms with Crippen molar-refractivity contribution in [2.24, 2.45) is 0 Å². The largest absolute Gasteiger partial charge is 0.465 e. The van der Waals surface area contributed by atoms with Crippen LogP contribution < -0.4 is 0 Å². The molecule has 8 nitrogen and oxygen atoms in total. The van der Waals surface area contributed by atoms with Gasteiger partial charge >= 0.3 is 23.9 Å². The smallest absolute Gasteiger partial charge is 0.346 e. The van der Waals surface area contributed by atoms with Gasteiger partial charge in [0.1, 0.15) is 19.6 Å². The molecule has 0 bridgehead atoms. The lowest BCUT2D eigenvalue weighted by atomic mass is 10.5. The molecule has 0 aromatic rings. The number of allylic oxidation sites excluding steroid dienone is 4. The molecule has 0 radical (unpaired) electrons. The van der Waals surface area contributed by atoms with E-state index in [0.29, 0.717) is 0 Å². The van der Waals surface area contributed by atoms with E-state index in [2.05, 4.69) is 52.7 Å². The van der Waals surface area contributed by atoms with Crippen molar-refractivity contribution < 1.29 is 38.1 Å². The predicted octanol–water partition coefficient (Wildman–Crippen LogP) is 27.0. The number of ether oxygens (including phenoxy) is 4. The highest BCUT2D eigenvalue weighted by Crippen LogP contribution is 2.71. The highest BCUT2D eigenvalue weighted by atomic mass is 32.3. The molecule has 0 aromatic carbocycles. The van der Waals surface area contributed by atoms with E-state index < -0.39 is 23.9 Å². The molecule has 0 spiro atoms. The minimum absolute atomic E-state index is 0.266. The van der Waals surface area contributed by atoms with Gasteiger partial charge in [-0.3, -0.25) is 0 Å². The summed E-state index contributed by atoms with van der Waals surface area (Å²) in [6.07, 6.45) is 8.62. The van der Waals surface area contributed by atoms with Crippen LogP contribution in [0.5, 0.6) is 0 Å². The Kier molecular flexibility index (Phi) is 33.9. The molecule has 10 rings (SSSR count). The maximum absolute atomic E-state index is 12.7. The zero-order chi connectivity index (χ0) is 65.3. The molecule has 0 atom stereocenters. The Morgan fingerprint density at radius 3 is 0.620 bits per heavy atom. The number of thioether (sulfide) groups is 32. The summed E-state index contributed by atoms with van der Waals surface area (Å²) in [5.74, 6) is 1.47. The molecule has 496 valence electrons. The maximum Gasteiger partial charge on any atom is 0.346 e. The van der Waals surface area contributed by atoms with Gasteiger partial charge < -0.3 is 18.9 Å². The second-order valence-electron chi connectivity index (χ2n) is 16.9. The normalized spacial score (nSPS) is 20.9. The number of carbonyl (C=O) groups is 4. The summed E-state index contributed by atoms with van der Waals surface area (Å²) >= 11 is 58.0. The van der Waals surface area contributed by atoms with Crippen molar-refractivity contribution in [2.75, 3.05) is 86.6 Å².